The van der Waals surface area contributed by atoms with Gasteiger partial charge in [-0.15, -0.1) is 0 Å². The molecule has 31 heterocycles. The first-order valence-electron chi connectivity index (χ1n) is 43.5. The molecule has 0 aliphatic carbocycles. The Balaban J connectivity index is 0.819. The lowest BCUT2D eigenvalue weighted by Gasteiger charge is -2.27. The molecule has 129 heavy (non-hydrogen) atoms. The number of unbranched alkanes of at least 4 members (excludes halogenated alkanes) is 3. The number of pyridine rings is 6. The average Bonchev–Trinajstić information content (AvgIpc) is 0.784. The molecule has 38 rings (SSSR count). The zero-order chi connectivity index (χ0) is 87.0. The maximum Gasteiger partial charge on any atom is 0.328 e. The van der Waals surface area contributed by atoms with Crippen molar-refractivity contribution in [3.63, 3.8) is 0 Å². The highest BCUT2D eigenvalue weighted by molar-refractivity contribution is 5.82. The van der Waals surface area contributed by atoms with E-state index in [1.165, 1.54) is 0 Å². The summed E-state index contributed by atoms with van der Waals surface area (Å²) < 4.78 is 20.7. The molecule has 0 saturated heterocycles. The molecule has 0 amide bonds. The minimum absolute atomic E-state index is 0.0850. The Kier molecular flexibility index (Phi) is 24.8. The van der Waals surface area contributed by atoms with E-state index in [4.69, 9.17) is 104 Å². The third kappa shape index (κ3) is 19.9. The van der Waals surface area contributed by atoms with Crippen molar-refractivity contribution < 1.29 is 14.2 Å². The van der Waals surface area contributed by atoms with Crippen LogP contribution < -0.4 is 43.6 Å². The number of ether oxygens (including phenoxy) is 3. The van der Waals surface area contributed by atoms with Crippen molar-refractivity contribution in [3.8, 4) is 103 Å². The van der Waals surface area contributed by atoms with E-state index < -0.39 is 0 Å². The van der Waals surface area contributed by atoms with Crippen molar-refractivity contribution in [2.75, 3.05) is 49.0 Å². The van der Waals surface area contributed by atoms with E-state index in [0.29, 0.717) is 129 Å². The van der Waals surface area contributed by atoms with Gasteiger partial charge in [0, 0.05) is 90.6 Å². The minimum Gasteiger partial charge on any atom is -0.424 e. The van der Waals surface area contributed by atoms with Crippen LogP contribution in [0.2, 0.25) is 0 Å². The van der Waals surface area contributed by atoms with Gasteiger partial charge in [0.2, 0.25) is 35.7 Å². The quantitative estimate of drug-likeness (QED) is 0.0543. The highest BCUT2D eigenvalue weighted by Gasteiger charge is 2.28. The Morgan fingerprint density at radius 3 is 0.682 bits per heavy atom. The first-order valence-corrected chi connectivity index (χ1v) is 43.5. The Hall–Kier alpha value is -16.3. The Morgan fingerprint density at radius 1 is 0.233 bits per heavy atom. The van der Waals surface area contributed by atoms with Gasteiger partial charge in [0.05, 0.1) is 73.4 Å². The molecule has 0 spiro atoms. The van der Waals surface area contributed by atoms with Crippen molar-refractivity contribution in [1.29, 1.82) is 0 Å². The van der Waals surface area contributed by atoms with Crippen molar-refractivity contribution in [1.82, 2.24) is 89.7 Å². The normalized spacial score (nSPS) is 12.0. The highest BCUT2D eigenvalue weighted by atomic mass is 16.5. The van der Waals surface area contributed by atoms with Crippen molar-refractivity contribution >= 4 is 52.8 Å². The van der Waals surface area contributed by atoms with E-state index >= 15 is 0 Å². The second kappa shape index (κ2) is 38.8. The van der Waals surface area contributed by atoms with Gasteiger partial charge in [-0.3, -0.25) is 29.9 Å². The number of anilines is 9. The molecule has 7 aromatic carbocycles. The summed E-state index contributed by atoms with van der Waals surface area (Å²) in [6.07, 6.45) is 15.8. The first-order chi connectivity index (χ1) is 63.6. The van der Waals surface area contributed by atoms with Crippen LogP contribution in [0.1, 0.15) is 93.5 Å². The van der Waals surface area contributed by atoms with Crippen molar-refractivity contribution in [2.24, 2.45) is 0 Å². The second-order valence-corrected chi connectivity index (χ2v) is 31.3. The van der Waals surface area contributed by atoms with Crippen LogP contribution in [0, 0.1) is 0 Å². The molecule has 21 aliphatic rings. The molecular formula is C102H90N24O3. The summed E-state index contributed by atoms with van der Waals surface area (Å²) in [6, 6.07) is 90.6. The fraction of sp³-hybridized carbons (Fsp3) is 0.176. The third-order valence-electron chi connectivity index (χ3n) is 22.1. The molecule has 0 saturated carbocycles. The molecule has 0 radical (unpaired) electrons. The number of benzene rings is 7. The highest BCUT2D eigenvalue weighted by Crippen LogP contribution is 2.41. The molecule has 0 N–H and O–H groups in total. The van der Waals surface area contributed by atoms with Crippen LogP contribution in [0.25, 0.3) is 67.5 Å². The van der Waals surface area contributed by atoms with Gasteiger partial charge < -0.3 is 43.6 Å². The molecule has 24 bridgehead atoms. The molecule has 0 unspecified atom stereocenters. The van der Waals surface area contributed by atoms with E-state index in [1.54, 1.807) is 37.2 Å². The number of nitrogens with zero attached hydrogens (tertiary/aromatic N) is 24. The summed E-state index contributed by atoms with van der Waals surface area (Å²) in [4.78, 5) is 105. The number of rotatable bonds is 24. The summed E-state index contributed by atoms with van der Waals surface area (Å²) in [6.45, 7) is 10.2. The molecule has 21 aliphatic heterocycles. The average molecular weight is 1700 g/mol. The van der Waals surface area contributed by atoms with Crippen LogP contribution in [0.3, 0.4) is 0 Å². The topological polar surface area (TPSA) is 279 Å². The Morgan fingerprint density at radius 2 is 0.465 bits per heavy atom. The summed E-state index contributed by atoms with van der Waals surface area (Å²) >= 11 is 0. The van der Waals surface area contributed by atoms with Gasteiger partial charge in [0.15, 0.2) is 17.5 Å². The zero-order valence-corrected chi connectivity index (χ0v) is 71.5. The van der Waals surface area contributed by atoms with Crippen LogP contribution in [-0.2, 0) is 39.3 Å². The lowest BCUT2D eigenvalue weighted by atomic mass is 9.93. The predicted molar refractivity (Wildman–Crippen MR) is 499 cm³/mol. The Labute approximate surface area is 747 Å². The fourth-order valence-corrected chi connectivity index (χ4v) is 15.4. The third-order valence-corrected chi connectivity index (χ3v) is 22.1. The number of hydrogen-bond donors (Lipinski definition) is 0. The molecule has 636 valence electrons. The van der Waals surface area contributed by atoms with Crippen LogP contribution >= 0.6 is 0 Å². The van der Waals surface area contributed by atoms with Gasteiger partial charge >= 0.3 is 18.0 Å². The zero-order valence-electron chi connectivity index (χ0n) is 71.5. The largest absolute Gasteiger partial charge is 0.424 e. The fourth-order valence-electron chi connectivity index (χ4n) is 15.4. The maximum absolute atomic E-state index is 6.91. The second-order valence-electron chi connectivity index (χ2n) is 31.3. The van der Waals surface area contributed by atoms with E-state index in [9.17, 15) is 0 Å². The van der Waals surface area contributed by atoms with Crippen LogP contribution in [0.5, 0.6) is 35.3 Å². The van der Waals surface area contributed by atoms with Gasteiger partial charge in [-0.25, -0.2) is 15.0 Å². The van der Waals surface area contributed by atoms with Crippen LogP contribution in [0.4, 0.5) is 52.8 Å². The molecule has 0 atom stereocenters. The molecule has 17 aromatic rings. The standard InChI is InChI=1S/C102H90N24O3/c1-4-7-58-124-85-40-28-73(29-41-85)91-109-92-74-30-42-86(43-31-74)125(59-8-5-2)98-113-95(122(66-81-24-12-18-54-105-81)67-82-25-13-19-55-106-82)116-101(119-98)128-89-48-36-71(37-49-89)77-61-76(70-34-46-88(47-35-70)127-100-115-94(112-97(124)118-100)121(64-79-22-10-16-52-103-79)65-80-23-11-17-53-104-80)62-78(63-77)72-38-50-90(51-39-72)129-102-117-96(123(68-83-26-14-20-56-107-83)69-84-27-15-21-57-108-84)114-99(120-102)126(60-9-6-3)87-44-32-75(33-45-87)93(110-91)111-92/h10-57,61-63H,4-9,58-60,64-69H2,1-3H3. The summed E-state index contributed by atoms with van der Waals surface area (Å²) in [5.41, 5.74) is 15.0. The lowest BCUT2D eigenvalue weighted by Crippen LogP contribution is -2.28. The maximum atomic E-state index is 6.91. The minimum atomic E-state index is 0.0850. The molecular weight excluding hydrogens is 1610 g/mol. The summed E-state index contributed by atoms with van der Waals surface area (Å²) in [5, 5.41) is 0. The monoisotopic (exact) mass is 1700 g/mol. The lowest BCUT2D eigenvalue weighted by molar-refractivity contribution is 0.438. The number of hydrogen-bond acceptors (Lipinski definition) is 27. The summed E-state index contributed by atoms with van der Waals surface area (Å²) in [7, 11) is 0. The molecule has 27 nitrogen and oxygen atoms in total. The van der Waals surface area contributed by atoms with E-state index in [2.05, 4.69) is 141 Å². The smallest absolute Gasteiger partial charge is 0.328 e. The van der Waals surface area contributed by atoms with Crippen molar-refractivity contribution in [3.05, 3.63) is 344 Å². The molecule has 0 fully saturated rings. The van der Waals surface area contributed by atoms with Gasteiger partial charge in [-0.2, -0.15) is 44.9 Å². The van der Waals surface area contributed by atoms with Gasteiger partial charge in [-0.05, 0) is 253 Å². The van der Waals surface area contributed by atoms with Crippen LogP contribution in [-0.4, -0.2) is 109 Å². The van der Waals surface area contributed by atoms with Crippen molar-refractivity contribution in [2.45, 2.75) is 98.6 Å². The van der Waals surface area contributed by atoms with Gasteiger partial charge in [0.1, 0.15) is 17.2 Å². The Bertz CT molecular complexity index is 5830. The first kappa shape index (κ1) is 82.3. The van der Waals surface area contributed by atoms with Crippen LogP contribution in [0.15, 0.2) is 310 Å². The van der Waals surface area contributed by atoms with E-state index in [0.717, 1.165) is 140 Å². The molecule has 10 aromatic heterocycles. The van der Waals surface area contributed by atoms with E-state index in [-0.39, 0.29) is 18.0 Å². The molecule has 27 heteroatoms. The van der Waals surface area contributed by atoms with E-state index in [1.807, 2.05) is 182 Å². The van der Waals surface area contributed by atoms with Gasteiger partial charge in [0.25, 0.3) is 0 Å². The SMILES string of the molecule is CCCCN1c2ccc(cc2)-c2nc3nc(n2)-c2ccc(cc2)N(CCCC)c2nc(nc(N(Cc4ccccn4)Cc4ccccn4)n2)Oc2ccc(cc2)-c2cc(cc(c2)-c2ccc(cc2)Oc2nc(N(Cc4ccccn4)Cc4ccccn4)nc(n2)N(CCCC)c2ccc-3cc2)-c2ccc(cc2)Oc2nc(N(Cc3ccccn3)Cc3ccccn3)nc1n2. The summed E-state index contributed by atoms with van der Waals surface area (Å²) in [5.74, 6) is 4.98. The predicted octanol–water partition coefficient (Wildman–Crippen LogP) is 21.2. The van der Waals surface area contributed by atoms with Gasteiger partial charge in [-0.1, -0.05) is 113 Å². The number of aromatic nitrogens is 18.